The zero-order valence-electron chi connectivity index (χ0n) is 7.33. The van der Waals surface area contributed by atoms with E-state index in [9.17, 15) is 5.11 Å². The number of aliphatic hydroxyl groups excluding tert-OH is 1. The molecule has 0 unspecified atom stereocenters. The molecular weight excluding hydrogens is 220 g/mol. The van der Waals surface area contributed by atoms with Gasteiger partial charge >= 0.3 is 0 Å². The number of phenols is 1. The summed E-state index contributed by atoms with van der Waals surface area (Å²) in [5.41, 5.74) is 1.75. The van der Waals surface area contributed by atoms with Crippen LogP contribution in [0.1, 0.15) is 11.1 Å². The van der Waals surface area contributed by atoms with E-state index in [1.165, 1.54) is 0 Å². The first-order chi connectivity index (χ1) is 6.76. The molecule has 0 saturated heterocycles. The van der Waals surface area contributed by atoms with Crippen LogP contribution in [0.5, 0.6) is 5.75 Å². The molecule has 0 atom stereocenters. The van der Waals surface area contributed by atoms with Crippen molar-refractivity contribution in [3.8, 4) is 5.75 Å². The monoisotopic (exact) mass is 228 g/mol. The van der Waals surface area contributed by atoms with E-state index in [0.717, 1.165) is 21.2 Å². The van der Waals surface area contributed by atoms with Crippen LogP contribution >= 0.6 is 22.9 Å². The molecule has 2 rings (SSSR count). The minimum Gasteiger partial charge on any atom is -0.508 e. The van der Waals surface area contributed by atoms with Gasteiger partial charge in [-0.05, 0) is 28.6 Å². The van der Waals surface area contributed by atoms with E-state index in [4.69, 9.17) is 16.7 Å². The van der Waals surface area contributed by atoms with Gasteiger partial charge < -0.3 is 10.2 Å². The SMILES string of the molecule is OCc1csc2c(CCl)cc(O)cc12. The van der Waals surface area contributed by atoms with Crippen molar-refractivity contribution >= 4 is 33.0 Å². The largest absolute Gasteiger partial charge is 0.508 e. The average molecular weight is 229 g/mol. The van der Waals surface area contributed by atoms with Crippen molar-refractivity contribution in [1.82, 2.24) is 0 Å². The van der Waals surface area contributed by atoms with Crippen molar-refractivity contribution in [2.45, 2.75) is 12.5 Å². The number of aromatic hydroxyl groups is 1. The maximum atomic E-state index is 9.44. The lowest BCUT2D eigenvalue weighted by atomic mass is 10.1. The Morgan fingerprint density at radius 3 is 2.71 bits per heavy atom. The van der Waals surface area contributed by atoms with Gasteiger partial charge in [-0.3, -0.25) is 0 Å². The predicted molar refractivity (Wildman–Crippen MR) is 59.0 cm³/mol. The highest BCUT2D eigenvalue weighted by Crippen LogP contribution is 2.33. The van der Waals surface area contributed by atoms with Crippen molar-refractivity contribution in [3.05, 3.63) is 28.6 Å². The first-order valence-corrected chi connectivity index (χ1v) is 5.56. The number of thiophene rings is 1. The number of alkyl halides is 1. The fourth-order valence-electron chi connectivity index (χ4n) is 1.47. The van der Waals surface area contributed by atoms with Crippen LogP contribution in [0, 0.1) is 0 Å². The number of fused-ring (bicyclic) bond motifs is 1. The Bertz CT molecular complexity index is 464. The van der Waals surface area contributed by atoms with Gasteiger partial charge in [0.25, 0.3) is 0 Å². The van der Waals surface area contributed by atoms with Crippen LogP contribution in [0.25, 0.3) is 10.1 Å². The highest BCUT2D eigenvalue weighted by molar-refractivity contribution is 7.17. The number of hydrogen-bond donors (Lipinski definition) is 2. The second-order valence-corrected chi connectivity index (χ2v) is 4.18. The Hall–Kier alpha value is -0.770. The quantitative estimate of drug-likeness (QED) is 0.776. The van der Waals surface area contributed by atoms with Crippen molar-refractivity contribution in [1.29, 1.82) is 0 Å². The van der Waals surface area contributed by atoms with E-state index in [2.05, 4.69) is 0 Å². The lowest BCUT2D eigenvalue weighted by Gasteiger charge is -2.01. The standard InChI is InChI=1S/C10H9ClO2S/c11-3-6-1-8(13)2-9-7(4-12)5-14-10(6)9/h1-2,5,12-13H,3-4H2. The summed E-state index contributed by atoms with van der Waals surface area (Å²) >= 11 is 7.31. The molecule has 1 heterocycles. The molecule has 2 aromatic rings. The van der Waals surface area contributed by atoms with Gasteiger partial charge in [-0.2, -0.15) is 0 Å². The van der Waals surface area contributed by atoms with Crippen molar-refractivity contribution in [2.75, 3.05) is 0 Å². The number of aliphatic hydroxyl groups is 1. The van der Waals surface area contributed by atoms with Crippen LogP contribution in [-0.2, 0) is 12.5 Å². The first kappa shape index (κ1) is 9.77. The smallest absolute Gasteiger partial charge is 0.116 e. The molecule has 1 aromatic carbocycles. The molecule has 0 bridgehead atoms. The van der Waals surface area contributed by atoms with Crippen molar-refractivity contribution < 1.29 is 10.2 Å². The first-order valence-electron chi connectivity index (χ1n) is 4.15. The highest BCUT2D eigenvalue weighted by atomic mass is 35.5. The average Bonchev–Trinajstić information content (AvgIpc) is 2.59. The maximum absolute atomic E-state index is 9.44. The summed E-state index contributed by atoms with van der Waals surface area (Å²) in [4.78, 5) is 0. The van der Waals surface area contributed by atoms with Crippen molar-refractivity contribution in [2.24, 2.45) is 0 Å². The Kier molecular flexibility index (Phi) is 2.63. The molecule has 0 amide bonds. The minimum absolute atomic E-state index is 0.00875. The summed E-state index contributed by atoms with van der Waals surface area (Å²) in [6.45, 7) is -0.00875. The summed E-state index contributed by atoms with van der Waals surface area (Å²) < 4.78 is 1.04. The Morgan fingerprint density at radius 1 is 1.29 bits per heavy atom. The van der Waals surface area contributed by atoms with Gasteiger partial charge in [0.1, 0.15) is 5.75 Å². The van der Waals surface area contributed by atoms with Crippen LogP contribution in [0.4, 0.5) is 0 Å². The number of benzene rings is 1. The molecule has 74 valence electrons. The topological polar surface area (TPSA) is 40.5 Å². The molecule has 0 spiro atoms. The van der Waals surface area contributed by atoms with Crippen molar-refractivity contribution in [3.63, 3.8) is 0 Å². The summed E-state index contributed by atoms with van der Waals surface area (Å²) in [6, 6.07) is 3.32. The van der Waals surface area contributed by atoms with E-state index in [1.54, 1.807) is 23.5 Å². The normalized spacial score (nSPS) is 11.0. The lowest BCUT2D eigenvalue weighted by molar-refractivity contribution is 0.284. The molecular formula is C10H9ClO2S. The second kappa shape index (κ2) is 3.77. The second-order valence-electron chi connectivity index (χ2n) is 3.03. The fourth-order valence-corrected chi connectivity index (χ4v) is 2.82. The fraction of sp³-hybridized carbons (Fsp3) is 0.200. The summed E-state index contributed by atoms with van der Waals surface area (Å²) in [5.74, 6) is 0.567. The molecule has 0 fully saturated rings. The third kappa shape index (κ3) is 1.47. The molecule has 2 nitrogen and oxygen atoms in total. The zero-order valence-corrected chi connectivity index (χ0v) is 8.90. The van der Waals surface area contributed by atoms with Crippen LogP contribution < -0.4 is 0 Å². The molecule has 0 aliphatic heterocycles. The van der Waals surface area contributed by atoms with Gasteiger partial charge in [0.2, 0.25) is 0 Å². The van der Waals surface area contributed by atoms with Gasteiger partial charge in [-0.25, -0.2) is 0 Å². The molecule has 14 heavy (non-hydrogen) atoms. The number of rotatable bonds is 2. The van der Waals surface area contributed by atoms with Gasteiger partial charge in [0, 0.05) is 16.0 Å². The third-order valence-corrected chi connectivity index (χ3v) is 3.54. The number of phenolic OH excluding ortho intramolecular Hbond substituents is 1. The van der Waals surface area contributed by atoms with Gasteiger partial charge in [-0.1, -0.05) is 0 Å². The molecule has 0 aliphatic rings. The molecule has 4 heteroatoms. The molecule has 1 aromatic heterocycles. The van der Waals surface area contributed by atoms with E-state index >= 15 is 0 Å². The van der Waals surface area contributed by atoms with E-state index in [-0.39, 0.29) is 12.4 Å². The van der Waals surface area contributed by atoms with Gasteiger partial charge in [-0.15, -0.1) is 22.9 Å². The maximum Gasteiger partial charge on any atom is 0.116 e. The van der Waals surface area contributed by atoms with E-state index in [1.807, 2.05) is 5.38 Å². The summed E-state index contributed by atoms with van der Waals surface area (Å²) in [6.07, 6.45) is 0. The van der Waals surface area contributed by atoms with Crippen LogP contribution in [0.15, 0.2) is 17.5 Å². The van der Waals surface area contributed by atoms with Crippen LogP contribution in [0.3, 0.4) is 0 Å². The van der Waals surface area contributed by atoms with E-state index < -0.39 is 0 Å². The van der Waals surface area contributed by atoms with Crippen LogP contribution in [-0.4, -0.2) is 10.2 Å². The Labute approximate surface area is 90.4 Å². The lowest BCUT2D eigenvalue weighted by Crippen LogP contribution is -1.82. The number of halogens is 1. The minimum atomic E-state index is -0.00875. The molecule has 0 aliphatic carbocycles. The molecule has 2 N–H and O–H groups in total. The molecule has 0 saturated carbocycles. The molecule has 0 radical (unpaired) electrons. The van der Waals surface area contributed by atoms with E-state index in [0.29, 0.717) is 5.88 Å². The van der Waals surface area contributed by atoms with Gasteiger partial charge in [0.15, 0.2) is 0 Å². The Morgan fingerprint density at radius 2 is 2.07 bits per heavy atom. The number of hydrogen-bond acceptors (Lipinski definition) is 3. The third-order valence-electron chi connectivity index (χ3n) is 2.13. The summed E-state index contributed by atoms with van der Waals surface area (Å²) in [7, 11) is 0. The van der Waals surface area contributed by atoms with Crippen LogP contribution in [0.2, 0.25) is 0 Å². The predicted octanol–water partition coefficient (Wildman–Crippen LogP) is 2.84. The van der Waals surface area contributed by atoms with Gasteiger partial charge in [0.05, 0.1) is 6.61 Å². The Balaban J connectivity index is 2.76. The highest BCUT2D eigenvalue weighted by Gasteiger charge is 2.08. The zero-order chi connectivity index (χ0) is 10.1. The summed E-state index contributed by atoms with van der Waals surface area (Å²) in [5, 5.41) is 21.3.